The fourth-order valence-corrected chi connectivity index (χ4v) is 2.28. The molecule has 128 valence electrons. The fourth-order valence-electron chi connectivity index (χ4n) is 2.28. The number of hydrogen-bond acceptors (Lipinski definition) is 5. The highest BCUT2D eigenvalue weighted by Crippen LogP contribution is 2.24. The predicted octanol–water partition coefficient (Wildman–Crippen LogP) is 4.63. The minimum Gasteiger partial charge on any atom is -0.352 e. The summed E-state index contributed by atoms with van der Waals surface area (Å²) >= 11 is 0. The van der Waals surface area contributed by atoms with E-state index < -0.39 is 0 Å². The summed E-state index contributed by atoms with van der Waals surface area (Å²) in [5.41, 5.74) is 2.34. The third kappa shape index (κ3) is 4.50. The van der Waals surface area contributed by atoms with Gasteiger partial charge in [-0.2, -0.15) is 4.98 Å². The van der Waals surface area contributed by atoms with Gasteiger partial charge in [0.15, 0.2) is 0 Å². The van der Waals surface area contributed by atoms with Crippen molar-refractivity contribution in [1.82, 2.24) is 15.0 Å². The molecule has 1 aromatic carbocycles. The number of anilines is 3. The maximum Gasteiger partial charge on any atom is 0.225 e. The van der Waals surface area contributed by atoms with Crippen LogP contribution in [0.1, 0.15) is 20.3 Å². The molecule has 0 fully saturated rings. The second-order valence-corrected chi connectivity index (χ2v) is 5.79. The number of nitrogens with one attached hydrogen (secondary N) is 2. The Morgan fingerprint density at radius 3 is 2.60 bits per heavy atom. The molecule has 0 amide bonds. The van der Waals surface area contributed by atoms with Gasteiger partial charge in [0.25, 0.3) is 0 Å². The lowest BCUT2D eigenvalue weighted by Gasteiger charge is -2.14. The van der Waals surface area contributed by atoms with Gasteiger partial charge in [0.2, 0.25) is 5.95 Å². The Hall–Kier alpha value is -3.02. The molecular weight excluding hydrogens is 317 g/mol. The number of benzene rings is 1. The van der Waals surface area contributed by atoms with Crippen LogP contribution in [0.3, 0.4) is 0 Å². The van der Waals surface area contributed by atoms with Crippen LogP contribution < -0.4 is 10.6 Å². The normalized spacial score (nSPS) is 11.8. The van der Waals surface area contributed by atoms with E-state index >= 15 is 0 Å². The quantitative estimate of drug-likeness (QED) is 0.686. The molecule has 3 rings (SSSR count). The first-order valence-corrected chi connectivity index (χ1v) is 8.22. The highest BCUT2D eigenvalue weighted by Gasteiger charge is 2.09. The van der Waals surface area contributed by atoms with Gasteiger partial charge in [-0.05, 0) is 43.7 Å². The molecule has 25 heavy (non-hydrogen) atoms. The zero-order valence-electron chi connectivity index (χ0n) is 14.2. The van der Waals surface area contributed by atoms with E-state index in [0.717, 1.165) is 17.7 Å². The van der Waals surface area contributed by atoms with Gasteiger partial charge in [-0.25, -0.2) is 9.37 Å². The van der Waals surface area contributed by atoms with Gasteiger partial charge >= 0.3 is 0 Å². The van der Waals surface area contributed by atoms with Crippen molar-refractivity contribution in [2.24, 2.45) is 0 Å². The molecule has 0 saturated heterocycles. The van der Waals surface area contributed by atoms with Crippen LogP contribution in [0.5, 0.6) is 0 Å². The van der Waals surface area contributed by atoms with Crippen LogP contribution in [0.25, 0.3) is 11.3 Å². The Balaban J connectivity index is 1.97. The lowest BCUT2D eigenvalue weighted by atomic mass is 10.2. The second-order valence-electron chi connectivity index (χ2n) is 5.79. The highest BCUT2D eigenvalue weighted by molar-refractivity contribution is 5.67. The largest absolute Gasteiger partial charge is 0.352 e. The third-order valence-corrected chi connectivity index (χ3v) is 3.79. The van der Waals surface area contributed by atoms with Crippen molar-refractivity contribution in [1.29, 1.82) is 0 Å². The van der Waals surface area contributed by atoms with Crippen LogP contribution in [0.15, 0.2) is 54.9 Å². The minimum atomic E-state index is -0.300. The van der Waals surface area contributed by atoms with E-state index in [1.54, 1.807) is 24.5 Å². The van der Waals surface area contributed by atoms with Crippen LogP contribution in [-0.2, 0) is 0 Å². The van der Waals surface area contributed by atoms with E-state index in [4.69, 9.17) is 0 Å². The van der Waals surface area contributed by atoms with Crippen molar-refractivity contribution in [2.45, 2.75) is 26.3 Å². The lowest BCUT2D eigenvalue weighted by Crippen LogP contribution is -2.16. The average Bonchev–Trinajstić information content (AvgIpc) is 2.62. The van der Waals surface area contributed by atoms with E-state index in [9.17, 15) is 4.39 Å². The number of aromatic nitrogens is 3. The maximum atomic E-state index is 13.4. The summed E-state index contributed by atoms with van der Waals surface area (Å²) in [7, 11) is 0. The Labute approximate surface area is 146 Å². The summed E-state index contributed by atoms with van der Waals surface area (Å²) in [6, 6.07) is 12.1. The molecular formula is C19H20FN5. The number of nitrogens with zero attached hydrogens (tertiary/aromatic N) is 3. The molecule has 0 radical (unpaired) electrons. The number of pyridine rings is 1. The monoisotopic (exact) mass is 337 g/mol. The van der Waals surface area contributed by atoms with E-state index in [0.29, 0.717) is 17.5 Å². The van der Waals surface area contributed by atoms with Gasteiger partial charge in [-0.1, -0.05) is 13.0 Å². The lowest BCUT2D eigenvalue weighted by molar-refractivity contribution is 0.628. The van der Waals surface area contributed by atoms with E-state index in [1.807, 2.05) is 18.2 Å². The summed E-state index contributed by atoms with van der Waals surface area (Å²) in [5.74, 6) is 0.826. The molecule has 0 saturated carbocycles. The molecule has 0 aliphatic heterocycles. The molecule has 1 atom stereocenters. The average molecular weight is 337 g/mol. The maximum absolute atomic E-state index is 13.4. The van der Waals surface area contributed by atoms with Gasteiger partial charge in [-0.3, -0.25) is 4.98 Å². The Kier molecular flexibility index (Phi) is 5.18. The molecule has 0 aliphatic carbocycles. The van der Waals surface area contributed by atoms with Gasteiger partial charge in [-0.15, -0.1) is 0 Å². The van der Waals surface area contributed by atoms with Crippen LogP contribution in [0.4, 0.5) is 21.8 Å². The number of hydrogen-bond donors (Lipinski definition) is 2. The first-order chi connectivity index (χ1) is 12.1. The first kappa shape index (κ1) is 16.8. The SMILES string of the molecule is CC[C@@H](C)Nc1nc(Nc2cccc(F)c2)cc(-c2ccncc2)n1. The molecule has 0 spiro atoms. The van der Waals surface area contributed by atoms with Crippen LogP contribution in [-0.4, -0.2) is 21.0 Å². The Morgan fingerprint density at radius 1 is 1.08 bits per heavy atom. The summed E-state index contributed by atoms with van der Waals surface area (Å²) < 4.78 is 13.4. The van der Waals surface area contributed by atoms with Crippen molar-refractivity contribution in [3.05, 3.63) is 60.7 Å². The Morgan fingerprint density at radius 2 is 1.88 bits per heavy atom. The molecule has 0 bridgehead atoms. The standard InChI is InChI=1S/C19H20FN5/c1-3-13(2)22-19-24-17(14-7-9-21-10-8-14)12-18(25-19)23-16-6-4-5-15(20)11-16/h4-13H,3H2,1-2H3,(H2,22,23,24,25)/t13-/m1/s1. The van der Waals surface area contributed by atoms with Crippen molar-refractivity contribution in [3.8, 4) is 11.3 Å². The van der Waals surface area contributed by atoms with E-state index in [1.165, 1.54) is 12.1 Å². The topological polar surface area (TPSA) is 62.7 Å². The van der Waals surface area contributed by atoms with E-state index in [2.05, 4.69) is 39.4 Å². The minimum absolute atomic E-state index is 0.245. The van der Waals surface area contributed by atoms with Gasteiger partial charge in [0, 0.05) is 35.8 Å². The summed E-state index contributed by atoms with van der Waals surface area (Å²) in [6.45, 7) is 4.17. The fraction of sp³-hybridized carbons (Fsp3) is 0.211. The zero-order valence-corrected chi connectivity index (χ0v) is 14.2. The molecule has 6 heteroatoms. The van der Waals surface area contributed by atoms with E-state index in [-0.39, 0.29) is 11.9 Å². The zero-order chi connectivity index (χ0) is 17.6. The summed E-state index contributed by atoms with van der Waals surface area (Å²) in [5, 5.41) is 6.43. The Bertz CT molecular complexity index is 838. The molecule has 0 aliphatic rings. The molecule has 2 heterocycles. The molecule has 3 aromatic rings. The predicted molar refractivity (Wildman–Crippen MR) is 98.3 cm³/mol. The highest BCUT2D eigenvalue weighted by atomic mass is 19.1. The van der Waals surface area contributed by atoms with Gasteiger partial charge < -0.3 is 10.6 Å². The molecule has 5 nitrogen and oxygen atoms in total. The summed E-state index contributed by atoms with van der Waals surface area (Å²) in [4.78, 5) is 13.1. The van der Waals surface area contributed by atoms with Crippen molar-refractivity contribution in [2.75, 3.05) is 10.6 Å². The third-order valence-electron chi connectivity index (χ3n) is 3.79. The number of halogens is 1. The molecule has 0 unspecified atom stereocenters. The van der Waals surface area contributed by atoms with Crippen LogP contribution >= 0.6 is 0 Å². The van der Waals surface area contributed by atoms with Gasteiger partial charge in [0.1, 0.15) is 11.6 Å². The molecule has 2 aromatic heterocycles. The van der Waals surface area contributed by atoms with Crippen molar-refractivity contribution >= 4 is 17.5 Å². The van der Waals surface area contributed by atoms with Crippen molar-refractivity contribution in [3.63, 3.8) is 0 Å². The smallest absolute Gasteiger partial charge is 0.225 e. The van der Waals surface area contributed by atoms with Gasteiger partial charge in [0.05, 0.1) is 5.69 Å². The second kappa shape index (κ2) is 7.70. The first-order valence-electron chi connectivity index (χ1n) is 8.22. The number of rotatable bonds is 6. The molecule has 2 N–H and O–H groups in total. The van der Waals surface area contributed by atoms with Crippen LogP contribution in [0.2, 0.25) is 0 Å². The van der Waals surface area contributed by atoms with Crippen LogP contribution in [0, 0.1) is 5.82 Å². The summed E-state index contributed by atoms with van der Waals surface area (Å²) in [6.07, 6.45) is 4.40. The van der Waals surface area contributed by atoms with Crippen molar-refractivity contribution < 1.29 is 4.39 Å².